The van der Waals surface area contributed by atoms with Crippen LogP contribution in [0.2, 0.25) is 0 Å². The van der Waals surface area contributed by atoms with Gasteiger partial charge in [-0.25, -0.2) is 0 Å². The lowest BCUT2D eigenvalue weighted by atomic mass is 9.88. The molecule has 1 atom stereocenters. The summed E-state index contributed by atoms with van der Waals surface area (Å²) < 4.78 is 12.9. The van der Waals surface area contributed by atoms with Gasteiger partial charge in [-0.1, -0.05) is 29.9 Å². The summed E-state index contributed by atoms with van der Waals surface area (Å²) in [6, 6.07) is 7.59. The van der Waals surface area contributed by atoms with Gasteiger partial charge in [-0.2, -0.15) is 0 Å². The predicted molar refractivity (Wildman–Crippen MR) is 118 cm³/mol. The number of methoxy groups -OCH3 is 1. The monoisotopic (exact) mass is 450 g/mol. The first kappa shape index (κ1) is 22.7. The normalized spacial score (nSPS) is 18.1. The zero-order chi connectivity index (χ0) is 21.7. The van der Waals surface area contributed by atoms with Crippen LogP contribution in [0.4, 0.5) is 0 Å². The highest BCUT2D eigenvalue weighted by atomic mass is 35.5. The number of ether oxygens (including phenoxy) is 2. The Morgan fingerprint density at radius 2 is 2.13 bits per heavy atom. The molecule has 1 unspecified atom stereocenters. The molecule has 3 rings (SSSR count). The molecule has 1 aliphatic rings. The van der Waals surface area contributed by atoms with Crippen molar-refractivity contribution in [3.05, 3.63) is 41.7 Å². The van der Waals surface area contributed by atoms with Gasteiger partial charge in [-0.3, -0.25) is 9.36 Å². The molecule has 0 aliphatic carbocycles. The molecule has 1 saturated heterocycles. The molecule has 7 nitrogen and oxygen atoms in total. The fourth-order valence-corrected chi connectivity index (χ4v) is 4.30. The number of hydrogen-bond donors (Lipinski definition) is 1. The Balaban J connectivity index is 1.77. The van der Waals surface area contributed by atoms with Gasteiger partial charge in [-0.15, -0.1) is 10.2 Å². The Labute approximate surface area is 186 Å². The number of amides is 1. The van der Waals surface area contributed by atoms with Crippen LogP contribution in [0.5, 0.6) is 5.75 Å². The number of aromatic nitrogens is 3. The number of thioether (sulfide) groups is 1. The van der Waals surface area contributed by atoms with Gasteiger partial charge in [0.25, 0.3) is 0 Å². The summed E-state index contributed by atoms with van der Waals surface area (Å²) in [7, 11) is 1.62. The van der Waals surface area contributed by atoms with Crippen molar-refractivity contribution >= 4 is 29.3 Å². The van der Waals surface area contributed by atoms with E-state index in [2.05, 4.69) is 22.1 Å². The first-order valence-corrected chi connectivity index (χ1v) is 11.1. The lowest BCUT2D eigenvalue weighted by Gasteiger charge is -2.34. The first-order chi connectivity index (χ1) is 14.3. The highest BCUT2D eigenvalue weighted by Gasteiger charge is 2.33. The molecule has 1 aliphatic heterocycles. The molecule has 0 bridgehead atoms. The van der Waals surface area contributed by atoms with Crippen LogP contribution in [0, 0.1) is 5.92 Å². The molecule has 1 aromatic carbocycles. The molecule has 0 saturated carbocycles. The fourth-order valence-electron chi connectivity index (χ4n) is 3.41. The third-order valence-electron chi connectivity index (χ3n) is 4.88. The molecule has 162 valence electrons. The molecule has 2 heterocycles. The highest BCUT2D eigenvalue weighted by molar-refractivity contribution is 7.99. The zero-order valence-electron chi connectivity index (χ0n) is 17.5. The average Bonchev–Trinajstić information content (AvgIpc) is 3.12. The molecule has 1 N–H and O–H groups in total. The maximum atomic E-state index is 12.7. The molecular weight excluding hydrogens is 424 g/mol. The van der Waals surface area contributed by atoms with E-state index in [0.29, 0.717) is 34.8 Å². The smallest absolute Gasteiger partial charge is 0.223 e. The lowest BCUT2D eigenvalue weighted by Crippen LogP contribution is -2.41. The van der Waals surface area contributed by atoms with E-state index < -0.39 is 0 Å². The third-order valence-corrected chi connectivity index (χ3v) is 6.18. The SMILES string of the molecule is C=C(Cl)CSc1nnc(CNC(=O)C2CCOC(C)(C)C2)n1-c1ccc(OC)cc1. The summed E-state index contributed by atoms with van der Waals surface area (Å²) in [5.41, 5.74) is 0.594. The van der Waals surface area contributed by atoms with Crippen LogP contribution in [0.1, 0.15) is 32.5 Å². The van der Waals surface area contributed by atoms with Crippen molar-refractivity contribution in [3.8, 4) is 11.4 Å². The van der Waals surface area contributed by atoms with Gasteiger partial charge in [-0.05, 0) is 51.0 Å². The minimum absolute atomic E-state index is 0.0130. The molecule has 1 fully saturated rings. The zero-order valence-corrected chi connectivity index (χ0v) is 19.1. The van der Waals surface area contributed by atoms with Crippen molar-refractivity contribution in [2.24, 2.45) is 5.92 Å². The Hall–Kier alpha value is -2.03. The average molecular weight is 451 g/mol. The largest absolute Gasteiger partial charge is 0.497 e. The van der Waals surface area contributed by atoms with E-state index in [4.69, 9.17) is 21.1 Å². The summed E-state index contributed by atoms with van der Waals surface area (Å²) in [4.78, 5) is 12.7. The van der Waals surface area contributed by atoms with Crippen LogP contribution in [0.3, 0.4) is 0 Å². The summed E-state index contributed by atoms with van der Waals surface area (Å²) >= 11 is 7.37. The second-order valence-electron chi connectivity index (χ2n) is 7.75. The molecule has 30 heavy (non-hydrogen) atoms. The molecular formula is C21H27ClN4O3S. The van der Waals surface area contributed by atoms with E-state index in [1.807, 2.05) is 42.7 Å². The summed E-state index contributed by atoms with van der Waals surface area (Å²) in [5.74, 6) is 1.85. The summed E-state index contributed by atoms with van der Waals surface area (Å²) in [6.45, 7) is 8.63. The van der Waals surface area contributed by atoms with E-state index in [-0.39, 0.29) is 24.0 Å². The molecule has 2 aromatic rings. The van der Waals surface area contributed by atoms with Crippen LogP contribution in [-0.2, 0) is 16.1 Å². The number of nitrogens with zero attached hydrogens (tertiary/aromatic N) is 3. The molecule has 0 spiro atoms. The van der Waals surface area contributed by atoms with Gasteiger partial charge in [0.1, 0.15) is 5.75 Å². The van der Waals surface area contributed by atoms with Crippen molar-refractivity contribution in [2.75, 3.05) is 19.5 Å². The van der Waals surface area contributed by atoms with E-state index >= 15 is 0 Å². The van der Waals surface area contributed by atoms with Crippen LogP contribution in [-0.4, -0.2) is 45.7 Å². The second kappa shape index (κ2) is 9.85. The van der Waals surface area contributed by atoms with E-state index in [1.54, 1.807) is 7.11 Å². The van der Waals surface area contributed by atoms with Crippen molar-refractivity contribution in [2.45, 2.75) is 44.0 Å². The third kappa shape index (κ3) is 5.77. The second-order valence-corrected chi connectivity index (χ2v) is 9.23. The molecule has 1 aromatic heterocycles. The highest BCUT2D eigenvalue weighted by Crippen LogP contribution is 2.29. The molecule has 9 heteroatoms. The van der Waals surface area contributed by atoms with E-state index in [0.717, 1.165) is 17.9 Å². The minimum Gasteiger partial charge on any atom is -0.497 e. The van der Waals surface area contributed by atoms with Gasteiger partial charge >= 0.3 is 0 Å². The van der Waals surface area contributed by atoms with Gasteiger partial charge in [0, 0.05) is 29.0 Å². The predicted octanol–water partition coefficient (Wildman–Crippen LogP) is 3.94. The number of carbonyl (C=O) groups excluding carboxylic acids is 1. The fraction of sp³-hybridized carbons (Fsp3) is 0.476. The standard InChI is InChI=1S/C21H27ClN4O3S/c1-14(22)13-30-20-25-24-18(26(20)16-5-7-17(28-4)8-6-16)12-23-19(27)15-9-10-29-21(2,3)11-15/h5-8,15H,1,9-13H2,2-4H3,(H,23,27). The maximum absolute atomic E-state index is 12.7. The van der Waals surface area contributed by atoms with Crippen LogP contribution in [0.25, 0.3) is 5.69 Å². The van der Waals surface area contributed by atoms with Crippen molar-refractivity contribution in [1.82, 2.24) is 20.1 Å². The van der Waals surface area contributed by atoms with Crippen LogP contribution < -0.4 is 10.1 Å². The van der Waals surface area contributed by atoms with Crippen molar-refractivity contribution < 1.29 is 14.3 Å². The number of rotatable bonds is 8. The van der Waals surface area contributed by atoms with E-state index in [1.165, 1.54) is 11.8 Å². The van der Waals surface area contributed by atoms with Gasteiger partial charge < -0.3 is 14.8 Å². The quantitative estimate of drug-likeness (QED) is 0.613. The summed E-state index contributed by atoms with van der Waals surface area (Å²) in [6.07, 6.45) is 1.42. The lowest BCUT2D eigenvalue weighted by molar-refractivity contribution is -0.135. The topological polar surface area (TPSA) is 78.3 Å². The molecule has 1 amide bonds. The Morgan fingerprint density at radius 3 is 2.77 bits per heavy atom. The number of halogens is 1. The van der Waals surface area contributed by atoms with Crippen molar-refractivity contribution in [1.29, 1.82) is 0 Å². The van der Waals surface area contributed by atoms with E-state index in [9.17, 15) is 4.79 Å². The number of benzene rings is 1. The van der Waals surface area contributed by atoms with Crippen LogP contribution in [0.15, 0.2) is 41.0 Å². The Kier molecular flexibility index (Phi) is 7.44. The van der Waals surface area contributed by atoms with Crippen molar-refractivity contribution in [3.63, 3.8) is 0 Å². The number of carbonyl (C=O) groups is 1. The Bertz CT molecular complexity index is 898. The van der Waals surface area contributed by atoms with Gasteiger partial charge in [0.15, 0.2) is 11.0 Å². The number of nitrogens with one attached hydrogen (secondary N) is 1. The maximum Gasteiger partial charge on any atom is 0.223 e. The summed E-state index contributed by atoms with van der Waals surface area (Å²) in [5, 5.41) is 12.8. The minimum atomic E-state index is -0.281. The number of hydrogen-bond acceptors (Lipinski definition) is 6. The van der Waals surface area contributed by atoms with Gasteiger partial charge in [0.05, 0.1) is 19.3 Å². The first-order valence-electron chi connectivity index (χ1n) is 9.75. The molecule has 0 radical (unpaired) electrons. The van der Waals surface area contributed by atoms with Gasteiger partial charge in [0.2, 0.25) is 5.91 Å². The Morgan fingerprint density at radius 1 is 1.40 bits per heavy atom. The van der Waals surface area contributed by atoms with Crippen LogP contribution >= 0.6 is 23.4 Å².